The zero-order chi connectivity index (χ0) is 14.4. The number of nitrogens with zero attached hydrogens (tertiary/aromatic N) is 2. The third-order valence-electron chi connectivity index (χ3n) is 2.60. The molecule has 0 radical (unpaired) electrons. The van der Waals surface area contributed by atoms with Crippen LogP contribution in [0.5, 0.6) is 0 Å². The first-order chi connectivity index (χ1) is 8.93. The minimum Gasteiger partial charge on any atom is -0.367 e. The number of carbonyl (C=O) groups is 1. The molecule has 5 nitrogen and oxygen atoms in total. The van der Waals surface area contributed by atoms with Gasteiger partial charge in [0, 0.05) is 25.7 Å². The Labute approximate surface area is 126 Å². The Bertz CT molecular complexity index is 442. The molecule has 0 aromatic carbocycles. The van der Waals surface area contributed by atoms with Crippen LogP contribution < -0.4 is 10.6 Å². The summed E-state index contributed by atoms with van der Waals surface area (Å²) in [5, 5.41) is 6.11. The molecule has 2 N–H and O–H groups in total. The highest BCUT2D eigenvalue weighted by Gasteiger charge is 2.15. The van der Waals surface area contributed by atoms with Crippen molar-refractivity contribution in [2.75, 3.05) is 11.9 Å². The number of carbonyl (C=O) groups excluding carboxylic acids is 1. The van der Waals surface area contributed by atoms with Crippen molar-refractivity contribution < 1.29 is 4.79 Å². The normalized spacial score (nSPS) is 12.3. The van der Waals surface area contributed by atoms with Crippen LogP contribution in [-0.2, 0) is 10.7 Å². The maximum atomic E-state index is 11.1. The third kappa shape index (κ3) is 5.32. The Morgan fingerprint density at radius 2 is 2.21 bits per heavy atom. The number of nitrogens with one attached hydrogen (secondary N) is 2. The molecule has 0 spiro atoms. The number of hydrogen-bond donors (Lipinski definition) is 2. The van der Waals surface area contributed by atoms with E-state index in [4.69, 9.17) is 11.6 Å². The summed E-state index contributed by atoms with van der Waals surface area (Å²) >= 11 is 9.09. The molecule has 1 heterocycles. The lowest BCUT2D eigenvalue weighted by atomic mass is 10.0. The second kappa shape index (κ2) is 7.65. The minimum absolute atomic E-state index is 0.0382. The predicted molar refractivity (Wildman–Crippen MR) is 80.2 cm³/mol. The van der Waals surface area contributed by atoms with Crippen LogP contribution in [0.2, 0.25) is 0 Å². The Morgan fingerprint density at radius 1 is 1.53 bits per heavy atom. The largest absolute Gasteiger partial charge is 0.367 e. The van der Waals surface area contributed by atoms with Crippen molar-refractivity contribution in [3.63, 3.8) is 0 Å². The molecule has 0 bridgehead atoms. The van der Waals surface area contributed by atoms with Crippen LogP contribution in [0.25, 0.3) is 0 Å². The average molecular weight is 350 g/mol. The Balaban J connectivity index is 2.70. The number of aromatic nitrogens is 2. The van der Waals surface area contributed by atoms with Gasteiger partial charge in [0.05, 0.1) is 10.4 Å². The second-order valence-corrected chi connectivity index (χ2v) is 5.67. The molecule has 0 fully saturated rings. The van der Waals surface area contributed by atoms with Gasteiger partial charge >= 0.3 is 0 Å². The molecule has 1 aromatic rings. The van der Waals surface area contributed by atoms with Gasteiger partial charge in [0.2, 0.25) is 5.91 Å². The fourth-order valence-corrected chi connectivity index (χ4v) is 1.97. The van der Waals surface area contributed by atoms with E-state index in [1.54, 1.807) is 6.20 Å². The SMILES string of the molecule is CC(=O)N[C@H](CNc1nc(CCl)ncc1Br)C(C)C. The second-order valence-electron chi connectivity index (χ2n) is 4.55. The first-order valence-corrected chi connectivity index (χ1v) is 7.35. The topological polar surface area (TPSA) is 66.9 Å². The van der Waals surface area contributed by atoms with Gasteiger partial charge in [0.1, 0.15) is 11.6 Å². The molecule has 1 atom stereocenters. The van der Waals surface area contributed by atoms with Crippen molar-refractivity contribution in [2.45, 2.75) is 32.7 Å². The Kier molecular flexibility index (Phi) is 6.51. The maximum Gasteiger partial charge on any atom is 0.217 e. The summed E-state index contributed by atoms with van der Waals surface area (Å²) < 4.78 is 0.770. The highest BCUT2D eigenvalue weighted by Crippen LogP contribution is 2.19. The fourth-order valence-electron chi connectivity index (χ4n) is 1.51. The van der Waals surface area contributed by atoms with Crippen molar-refractivity contribution in [1.29, 1.82) is 0 Å². The Morgan fingerprint density at radius 3 is 2.74 bits per heavy atom. The summed E-state index contributed by atoms with van der Waals surface area (Å²) in [7, 11) is 0. The molecule has 0 saturated carbocycles. The van der Waals surface area contributed by atoms with Gasteiger partial charge < -0.3 is 10.6 Å². The minimum atomic E-state index is -0.0382. The van der Waals surface area contributed by atoms with Gasteiger partial charge in [-0.3, -0.25) is 4.79 Å². The summed E-state index contributed by atoms with van der Waals surface area (Å²) in [5.74, 6) is 1.80. The maximum absolute atomic E-state index is 11.1. The van der Waals surface area contributed by atoms with Crippen LogP contribution in [0.15, 0.2) is 10.7 Å². The summed E-state index contributed by atoms with van der Waals surface area (Å²) in [5.41, 5.74) is 0. The molecular weight excluding hydrogens is 332 g/mol. The van der Waals surface area contributed by atoms with E-state index in [1.165, 1.54) is 6.92 Å². The Hall–Kier alpha value is -0.880. The van der Waals surface area contributed by atoms with Crippen LogP contribution in [-0.4, -0.2) is 28.5 Å². The molecular formula is C12H18BrClN4O. The lowest BCUT2D eigenvalue weighted by molar-refractivity contribution is -0.119. The van der Waals surface area contributed by atoms with Gasteiger partial charge in [-0.1, -0.05) is 13.8 Å². The van der Waals surface area contributed by atoms with Crippen molar-refractivity contribution in [3.05, 3.63) is 16.5 Å². The van der Waals surface area contributed by atoms with E-state index in [9.17, 15) is 4.79 Å². The smallest absolute Gasteiger partial charge is 0.217 e. The zero-order valence-electron chi connectivity index (χ0n) is 11.2. The first-order valence-electron chi connectivity index (χ1n) is 6.02. The number of rotatable bonds is 6. The first kappa shape index (κ1) is 16.2. The van der Waals surface area contributed by atoms with E-state index in [1.807, 2.05) is 0 Å². The number of hydrogen-bond acceptors (Lipinski definition) is 4. The molecule has 1 rings (SSSR count). The van der Waals surface area contributed by atoms with Crippen molar-refractivity contribution in [3.8, 4) is 0 Å². The molecule has 0 aliphatic rings. The van der Waals surface area contributed by atoms with Crippen LogP contribution in [0.1, 0.15) is 26.6 Å². The van der Waals surface area contributed by atoms with Crippen molar-refractivity contribution in [2.24, 2.45) is 5.92 Å². The van der Waals surface area contributed by atoms with Gasteiger partial charge in [-0.2, -0.15) is 0 Å². The van der Waals surface area contributed by atoms with Gasteiger partial charge in [-0.25, -0.2) is 9.97 Å². The highest BCUT2D eigenvalue weighted by atomic mass is 79.9. The summed E-state index contributed by atoms with van der Waals surface area (Å²) in [6.07, 6.45) is 1.66. The molecule has 1 aromatic heterocycles. The summed E-state index contributed by atoms with van der Waals surface area (Å²) in [6, 6.07) is 0.0406. The lowest BCUT2D eigenvalue weighted by Gasteiger charge is -2.22. The molecule has 0 saturated heterocycles. The van der Waals surface area contributed by atoms with Crippen LogP contribution in [0, 0.1) is 5.92 Å². The third-order valence-corrected chi connectivity index (χ3v) is 3.42. The number of anilines is 1. The average Bonchev–Trinajstić information content (AvgIpc) is 2.35. The van der Waals surface area contributed by atoms with E-state index in [0.717, 1.165) is 4.47 Å². The van der Waals surface area contributed by atoms with Crippen LogP contribution >= 0.6 is 27.5 Å². The van der Waals surface area contributed by atoms with E-state index in [-0.39, 0.29) is 17.8 Å². The summed E-state index contributed by atoms with van der Waals surface area (Å²) in [6.45, 7) is 6.22. The van der Waals surface area contributed by atoms with Crippen molar-refractivity contribution >= 4 is 39.3 Å². The predicted octanol–water partition coefficient (Wildman–Crippen LogP) is 2.55. The summed E-state index contributed by atoms with van der Waals surface area (Å²) in [4.78, 5) is 19.5. The quantitative estimate of drug-likeness (QED) is 0.775. The van der Waals surface area contributed by atoms with E-state index in [0.29, 0.717) is 24.1 Å². The van der Waals surface area contributed by atoms with E-state index in [2.05, 4.69) is 50.4 Å². The number of amides is 1. The monoisotopic (exact) mass is 348 g/mol. The zero-order valence-corrected chi connectivity index (χ0v) is 13.5. The fraction of sp³-hybridized carbons (Fsp3) is 0.583. The van der Waals surface area contributed by atoms with Gasteiger partial charge in [-0.05, 0) is 21.8 Å². The van der Waals surface area contributed by atoms with Crippen molar-refractivity contribution in [1.82, 2.24) is 15.3 Å². The van der Waals surface area contributed by atoms with Crippen LogP contribution in [0.4, 0.5) is 5.82 Å². The molecule has 0 unspecified atom stereocenters. The van der Waals surface area contributed by atoms with E-state index < -0.39 is 0 Å². The standard InChI is InChI=1S/C12H18BrClN4O/c1-7(2)10(17-8(3)19)6-16-12-9(13)5-15-11(4-14)18-12/h5,7,10H,4,6H2,1-3H3,(H,17,19)(H,15,16,18)/t10-/m1/s1. The van der Waals surface area contributed by atoms with Gasteiger partial charge in [0.15, 0.2) is 0 Å². The van der Waals surface area contributed by atoms with Crippen LogP contribution in [0.3, 0.4) is 0 Å². The van der Waals surface area contributed by atoms with E-state index >= 15 is 0 Å². The molecule has 106 valence electrons. The van der Waals surface area contributed by atoms with Gasteiger partial charge in [0.25, 0.3) is 0 Å². The molecule has 0 aliphatic carbocycles. The molecule has 7 heteroatoms. The molecule has 19 heavy (non-hydrogen) atoms. The molecule has 0 aliphatic heterocycles. The highest BCUT2D eigenvalue weighted by molar-refractivity contribution is 9.10. The van der Waals surface area contributed by atoms with Gasteiger partial charge in [-0.15, -0.1) is 11.6 Å². The number of alkyl halides is 1. The lowest BCUT2D eigenvalue weighted by Crippen LogP contribution is -2.42. The number of halogens is 2. The molecule has 1 amide bonds.